The second-order valence-corrected chi connectivity index (χ2v) is 5.95. The highest BCUT2D eigenvalue weighted by Gasteiger charge is 2.61. The molecular weight excluding hydrogens is 165 g/mol. The van der Waals surface area contributed by atoms with Gasteiger partial charge in [-0.1, -0.05) is 13.8 Å². The van der Waals surface area contributed by atoms with Crippen molar-refractivity contribution in [3.8, 4) is 0 Å². The topological polar surface area (TPSA) is 3.24 Å². The van der Waals surface area contributed by atoms with Crippen LogP contribution in [-0.4, -0.2) is 30.2 Å². The van der Waals surface area contributed by atoms with Crippen LogP contribution in [0.25, 0.3) is 0 Å². The van der Waals surface area contributed by atoms with Crippen molar-refractivity contribution in [2.24, 2.45) is 17.3 Å². The normalized spacial score (nSPS) is 37.6. The second-order valence-electron chi connectivity index (χ2n) is 5.95. The summed E-state index contributed by atoms with van der Waals surface area (Å²) in [6, 6.07) is 0. The maximum atomic E-state index is 13.3. The number of rotatable bonds is 2. The summed E-state index contributed by atoms with van der Waals surface area (Å²) in [4.78, 5) is 2.28. The van der Waals surface area contributed by atoms with E-state index in [2.05, 4.69) is 18.7 Å². The van der Waals surface area contributed by atoms with Crippen molar-refractivity contribution >= 4 is 0 Å². The molecule has 1 heterocycles. The van der Waals surface area contributed by atoms with Gasteiger partial charge in [-0.05, 0) is 31.1 Å². The van der Waals surface area contributed by atoms with E-state index in [1.807, 2.05) is 0 Å². The van der Waals surface area contributed by atoms with Crippen molar-refractivity contribution in [1.82, 2.24) is 4.90 Å². The highest BCUT2D eigenvalue weighted by Crippen LogP contribution is 2.61. The van der Waals surface area contributed by atoms with Crippen LogP contribution in [-0.2, 0) is 0 Å². The molecule has 0 amide bonds. The lowest BCUT2D eigenvalue weighted by molar-refractivity contribution is 0.125. The van der Waals surface area contributed by atoms with E-state index in [-0.39, 0.29) is 0 Å². The van der Waals surface area contributed by atoms with Crippen LogP contribution in [0.2, 0.25) is 0 Å². The molecule has 1 saturated heterocycles. The Morgan fingerprint density at radius 1 is 1.31 bits per heavy atom. The van der Waals surface area contributed by atoms with Crippen LogP contribution < -0.4 is 0 Å². The predicted octanol–water partition coefficient (Wildman–Crippen LogP) is 2.32. The molecule has 1 saturated carbocycles. The summed E-state index contributed by atoms with van der Waals surface area (Å²) in [5.41, 5.74) is -0.474. The van der Waals surface area contributed by atoms with Gasteiger partial charge in [0, 0.05) is 19.6 Å². The fraction of sp³-hybridized carbons (Fsp3) is 1.00. The van der Waals surface area contributed by atoms with Crippen LogP contribution in [0.15, 0.2) is 0 Å². The second kappa shape index (κ2) is 2.47. The zero-order valence-corrected chi connectivity index (χ0v) is 9.10. The molecule has 0 spiro atoms. The Kier molecular flexibility index (Phi) is 1.80. The molecule has 2 rings (SSSR count). The third-order valence-corrected chi connectivity index (χ3v) is 3.80. The summed E-state index contributed by atoms with van der Waals surface area (Å²) in [5, 5.41) is 0. The molecule has 13 heavy (non-hydrogen) atoms. The molecule has 1 aliphatic carbocycles. The Morgan fingerprint density at radius 2 is 1.77 bits per heavy atom. The van der Waals surface area contributed by atoms with Gasteiger partial charge in [-0.25, -0.2) is 4.39 Å². The fourth-order valence-corrected chi connectivity index (χ4v) is 2.87. The lowest BCUT2D eigenvalue weighted by atomic mass is 10.1. The molecule has 2 heteroatoms. The monoisotopic (exact) mass is 185 g/mol. The third kappa shape index (κ3) is 1.61. The van der Waals surface area contributed by atoms with Crippen LogP contribution >= 0.6 is 0 Å². The van der Waals surface area contributed by atoms with Gasteiger partial charge >= 0.3 is 0 Å². The van der Waals surface area contributed by atoms with Crippen LogP contribution in [0.4, 0.5) is 4.39 Å². The quantitative estimate of drug-likeness (QED) is 0.638. The standard InChI is InChI=1S/C11H20FN/c1-10(2,12)7-13-5-8-9(6-13)11(8,3)4/h8-9H,5-7H2,1-4H3/t8-,9?/m0/s1. The Balaban J connectivity index is 1.85. The number of halogens is 1. The van der Waals surface area contributed by atoms with Gasteiger partial charge in [0.15, 0.2) is 0 Å². The molecule has 2 fully saturated rings. The molecule has 2 atom stereocenters. The number of likely N-dealkylation sites (tertiary alicyclic amines) is 1. The summed E-state index contributed by atoms with van der Waals surface area (Å²) in [7, 11) is 0. The van der Waals surface area contributed by atoms with Gasteiger partial charge in [-0.2, -0.15) is 0 Å². The number of hydrogen-bond acceptors (Lipinski definition) is 1. The van der Waals surface area contributed by atoms with Gasteiger partial charge in [0.2, 0.25) is 0 Å². The Morgan fingerprint density at radius 3 is 2.15 bits per heavy atom. The van der Waals surface area contributed by atoms with Gasteiger partial charge in [-0.3, -0.25) is 4.90 Å². The van der Waals surface area contributed by atoms with Crippen LogP contribution in [0.3, 0.4) is 0 Å². The molecule has 1 unspecified atom stereocenters. The maximum Gasteiger partial charge on any atom is 0.118 e. The Labute approximate surface area is 80.3 Å². The van der Waals surface area contributed by atoms with Gasteiger partial charge in [-0.15, -0.1) is 0 Å². The van der Waals surface area contributed by atoms with Crippen molar-refractivity contribution in [1.29, 1.82) is 0 Å². The van der Waals surface area contributed by atoms with Crippen molar-refractivity contribution < 1.29 is 4.39 Å². The van der Waals surface area contributed by atoms with Crippen molar-refractivity contribution in [2.45, 2.75) is 33.4 Å². The Hall–Kier alpha value is -0.110. The van der Waals surface area contributed by atoms with E-state index in [0.29, 0.717) is 12.0 Å². The first kappa shape index (κ1) is 9.45. The molecule has 1 nitrogen and oxygen atoms in total. The molecule has 0 bridgehead atoms. The first-order valence-corrected chi connectivity index (χ1v) is 5.22. The predicted molar refractivity (Wildman–Crippen MR) is 52.4 cm³/mol. The number of alkyl halides is 1. The molecule has 1 aliphatic heterocycles. The zero-order chi connectivity index (χ0) is 9.85. The van der Waals surface area contributed by atoms with E-state index in [4.69, 9.17) is 0 Å². The van der Waals surface area contributed by atoms with Crippen molar-refractivity contribution in [2.75, 3.05) is 19.6 Å². The summed E-state index contributed by atoms with van der Waals surface area (Å²) >= 11 is 0. The fourth-order valence-electron chi connectivity index (χ4n) is 2.87. The summed E-state index contributed by atoms with van der Waals surface area (Å²) in [5.74, 6) is 1.68. The lowest BCUT2D eigenvalue weighted by Gasteiger charge is -2.26. The molecule has 76 valence electrons. The van der Waals surface area contributed by atoms with Gasteiger partial charge < -0.3 is 0 Å². The van der Waals surface area contributed by atoms with Gasteiger partial charge in [0.05, 0.1) is 0 Å². The molecule has 0 aromatic rings. The van der Waals surface area contributed by atoms with E-state index >= 15 is 0 Å². The van der Waals surface area contributed by atoms with Crippen LogP contribution in [0.5, 0.6) is 0 Å². The van der Waals surface area contributed by atoms with E-state index in [1.54, 1.807) is 13.8 Å². The smallest absolute Gasteiger partial charge is 0.118 e. The molecule has 2 aliphatic rings. The molecule has 0 N–H and O–H groups in total. The van der Waals surface area contributed by atoms with Crippen molar-refractivity contribution in [3.05, 3.63) is 0 Å². The van der Waals surface area contributed by atoms with E-state index < -0.39 is 5.67 Å². The SMILES string of the molecule is CC(C)(F)CN1CC2[C@H](C1)C2(C)C. The van der Waals surface area contributed by atoms with E-state index in [0.717, 1.165) is 24.9 Å². The van der Waals surface area contributed by atoms with E-state index in [1.165, 1.54) is 0 Å². The molecule has 0 aromatic carbocycles. The van der Waals surface area contributed by atoms with Crippen LogP contribution in [0, 0.1) is 17.3 Å². The van der Waals surface area contributed by atoms with Crippen molar-refractivity contribution in [3.63, 3.8) is 0 Å². The summed E-state index contributed by atoms with van der Waals surface area (Å²) < 4.78 is 13.3. The Bertz CT molecular complexity index is 203. The molecule has 0 aromatic heterocycles. The highest BCUT2D eigenvalue weighted by atomic mass is 19.1. The summed E-state index contributed by atoms with van der Waals surface area (Å²) in [6.07, 6.45) is 0. The lowest BCUT2D eigenvalue weighted by Crippen LogP contribution is -2.36. The highest BCUT2D eigenvalue weighted by molar-refractivity contribution is 5.11. The third-order valence-electron chi connectivity index (χ3n) is 3.80. The number of fused-ring (bicyclic) bond motifs is 1. The zero-order valence-electron chi connectivity index (χ0n) is 9.10. The van der Waals surface area contributed by atoms with Crippen LogP contribution in [0.1, 0.15) is 27.7 Å². The van der Waals surface area contributed by atoms with Gasteiger partial charge in [0.1, 0.15) is 5.67 Å². The average Bonchev–Trinajstić information content (AvgIpc) is 2.38. The minimum absolute atomic E-state index is 0.553. The largest absolute Gasteiger partial charge is 0.300 e. The number of piperidine rings is 1. The average molecular weight is 185 g/mol. The minimum atomic E-state index is -1.03. The first-order valence-electron chi connectivity index (χ1n) is 5.22. The van der Waals surface area contributed by atoms with Gasteiger partial charge in [0.25, 0.3) is 0 Å². The first-order chi connectivity index (χ1) is 5.81. The minimum Gasteiger partial charge on any atom is -0.300 e. The molecule has 0 radical (unpaired) electrons. The number of nitrogens with zero attached hydrogens (tertiary/aromatic N) is 1. The molecular formula is C11H20FN. The number of hydrogen-bond donors (Lipinski definition) is 0. The maximum absolute atomic E-state index is 13.3. The van der Waals surface area contributed by atoms with E-state index in [9.17, 15) is 4.39 Å². The summed E-state index contributed by atoms with van der Waals surface area (Å²) in [6.45, 7) is 10.8.